The molecule has 0 spiro atoms. The average molecular weight is 395 g/mol. The highest BCUT2D eigenvalue weighted by atomic mass is 35.5. The molecular formula is C21H24Cl2O3. The van der Waals surface area contributed by atoms with Gasteiger partial charge < -0.3 is 9.47 Å². The monoisotopic (exact) mass is 394 g/mol. The largest absolute Gasteiger partial charge is 0.488 e. The van der Waals surface area contributed by atoms with Gasteiger partial charge in [0.1, 0.15) is 22.7 Å². The molecule has 0 aliphatic carbocycles. The van der Waals surface area contributed by atoms with Crippen LogP contribution in [0.4, 0.5) is 0 Å². The third-order valence-electron chi connectivity index (χ3n) is 3.23. The predicted molar refractivity (Wildman–Crippen MR) is 107 cm³/mol. The van der Waals surface area contributed by atoms with E-state index in [2.05, 4.69) is 0 Å². The van der Waals surface area contributed by atoms with E-state index in [9.17, 15) is 4.79 Å². The Balaban J connectivity index is 2.54. The number of ketones is 1. The molecule has 0 radical (unpaired) electrons. The van der Waals surface area contributed by atoms with Gasteiger partial charge in [0, 0.05) is 6.07 Å². The topological polar surface area (TPSA) is 35.5 Å². The predicted octanol–water partition coefficient (Wildman–Crippen LogP) is 6.58. The Hall–Kier alpha value is -1.71. The molecule has 0 heterocycles. The lowest BCUT2D eigenvalue weighted by atomic mass is 10.0. The summed E-state index contributed by atoms with van der Waals surface area (Å²) in [6, 6.07) is 10.1. The summed E-state index contributed by atoms with van der Waals surface area (Å²) in [5.74, 6) is 0.765. The zero-order chi connectivity index (χ0) is 19.7. The molecule has 0 N–H and O–H groups in total. The minimum atomic E-state index is -0.486. The minimum absolute atomic E-state index is 0.263. The smallest absolute Gasteiger partial charge is 0.199 e. The lowest BCUT2D eigenvalue weighted by molar-refractivity contribution is 0.101. The third kappa shape index (κ3) is 5.39. The van der Waals surface area contributed by atoms with Crippen molar-refractivity contribution in [2.45, 2.75) is 52.7 Å². The molecule has 2 rings (SSSR count). The number of carbonyl (C=O) groups excluding carboxylic acids is 1. The second-order valence-corrected chi connectivity index (χ2v) is 8.83. The number of ether oxygens (including phenoxy) is 2. The standard InChI is InChI=1S/C21H24Cl2O3/c1-20(2,3)25-13-10-11-14(17(12-13)26-21(4,5)6)19(24)18-15(22)8-7-9-16(18)23/h7-12H,1-6H3. The summed E-state index contributed by atoms with van der Waals surface area (Å²) in [6.07, 6.45) is 0. The number of rotatable bonds is 4. The van der Waals surface area contributed by atoms with Crippen LogP contribution in [0.5, 0.6) is 11.5 Å². The maximum absolute atomic E-state index is 13.1. The first-order valence-corrected chi connectivity index (χ1v) is 9.14. The second kappa shape index (κ2) is 7.50. The molecule has 5 heteroatoms. The van der Waals surface area contributed by atoms with Crippen molar-refractivity contribution < 1.29 is 14.3 Å². The van der Waals surface area contributed by atoms with Gasteiger partial charge in [0.05, 0.1) is 21.2 Å². The highest BCUT2D eigenvalue weighted by Crippen LogP contribution is 2.34. The summed E-state index contributed by atoms with van der Waals surface area (Å²) in [4.78, 5) is 13.1. The zero-order valence-corrected chi connectivity index (χ0v) is 17.5. The second-order valence-electron chi connectivity index (χ2n) is 8.01. The van der Waals surface area contributed by atoms with Crippen LogP contribution in [0.1, 0.15) is 57.5 Å². The SMILES string of the molecule is CC(C)(C)Oc1ccc(C(=O)c2c(Cl)cccc2Cl)c(OC(C)(C)C)c1. The molecule has 0 saturated carbocycles. The van der Waals surface area contributed by atoms with Crippen molar-refractivity contribution >= 4 is 29.0 Å². The van der Waals surface area contributed by atoms with Gasteiger partial charge in [0.15, 0.2) is 5.78 Å². The van der Waals surface area contributed by atoms with Crippen LogP contribution in [0.3, 0.4) is 0 Å². The van der Waals surface area contributed by atoms with Crippen molar-refractivity contribution in [3.63, 3.8) is 0 Å². The fourth-order valence-corrected chi connectivity index (χ4v) is 2.94. The Labute approximate surface area is 165 Å². The Morgan fingerprint density at radius 1 is 0.846 bits per heavy atom. The zero-order valence-electron chi connectivity index (χ0n) is 15.9. The molecule has 0 fully saturated rings. The fourth-order valence-electron chi connectivity index (χ4n) is 2.37. The fraction of sp³-hybridized carbons (Fsp3) is 0.381. The molecule has 2 aromatic carbocycles. The van der Waals surface area contributed by atoms with Gasteiger partial charge in [0.2, 0.25) is 0 Å². The molecule has 0 amide bonds. The minimum Gasteiger partial charge on any atom is -0.488 e. The lowest BCUT2D eigenvalue weighted by Crippen LogP contribution is -2.25. The van der Waals surface area contributed by atoms with Crippen LogP contribution in [0.25, 0.3) is 0 Å². The molecule has 2 aromatic rings. The molecule has 26 heavy (non-hydrogen) atoms. The molecule has 140 valence electrons. The number of hydrogen-bond donors (Lipinski definition) is 0. The Morgan fingerprint density at radius 3 is 1.88 bits per heavy atom. The normalized spacial score (nSPS) is 12.0. The number of halogens is 2. The third-order valence-corrected chi connectivity index (χ3v) is 3.86. The van der Waals surface area contributed by atoms with Crippen molar-refractivity contribution in [3.05, 3.63) is 57.6 Å². The van der Waals surface area contributed by atoms with Crippen LogP contribution in [0, 0.1) is 0 Å². The Morgan fingerprint density at radius 2 is 1.38 bits per heavy atom. The molecule has 3 nitrogen and oxygen atoms in total. The van der Waals surface area contributed by atoms with Crippen LogP contribution in [0.2, 0.25) is 10.0 Å². The van der Waals surface area contributed by atoms with Crippen LogP contribution in [0.15, 0.2) is 36.4 Å². The van der Waals surface area contributed by atoms with Crippen molar-refractivity contribution in [1.29, 1.82) is 0 Å². The molecular weight excluding hydrogens is 371 g/mol. The molecule has 0 saturated heterocycles. The van der Waals surface area contributed by atoms with E-state index in [1.165, 1.54) is 0 Å². The number of hydrogen-bond acceptors (Lipinski definition) is 3. The van der Waals surface area contributed by atoms with Crippen molar-refractivity contribution in [3.8, 4) is 11.5 Å². The van der Waals surface area contributed by atoms with E-state index in [1.807, 2.05) is 41.5 Å². The average Bonchev–Trinajstić information content (AvgIpc) is 2.43. The first-order chi connectivity index (χ1) is 11.9. The van der Waals surface area contributed by atoms with Gasteiger partial charge in [-0.2, -0.15) is 0 Å². The summed E-state index contributed by atoms with van der Waals surface area (Å²) in [6.45, 7) is 11.6. The molecule has 0 unspecified atom stereocenters. The molecule has 0 aliphatic rings. The highest BCUT2D eigenvalue weighted by Gasteiger charge is 2.24. The van der Waals surface area contributed by atoms with Crippen molar-refractivity contribution in [2.24, 2.45) is 0 Å². The van der Waals surface area contributed by atoms with Crippen LogP contribution in [-0.4, -0.2) is 17.0 Å². The van der Waals surface area contributed by atoms with E-state index in [0.717, 1.165) is 0 Å². The van der Waals surface area contributed by atoms with Crippen molar-refractivity contribution in [2.75, 3.05) is 0 Å². The van der Waals surface area contributed by atoms with E-state index in [0.29, 0.717) is 27.1 Å². The number of benzene rings is 2. The highest BCUT2D eigenvalue weighted by molar-refractivity contribution is 6.41. The summed E-state index contributed by atoms with van der Waals surface area (Å²) in [5.41, 5.74) is -0.203. The van der Waals surface area contributed by atoms with E-state index in [-0.39, 0.29) is 16.9 Å². The van der Waals surface area contributed by atoms with Gasteiger partial charge in [-0.25, -0.2) is 0 Å². The molecule has 0 aliphatic heterocycles. The summed E-state index contributed by atoms with van der Waals surface area (Å²) >= 11 is 12.4. The maximum Gasteiger partial charge on any atom is 0.199 e. The first-order valence-electron chi connectivity index (χ1n) is 8.38. The van der Waals surface area contributed by atoms with Crippen LogP contribution >= 0.6 is 23.2 Å². The molecule has 0 aromatic heterocycles. The maximum atomic E-state index is 13.1. The quantitative estimate of drug-likeness (QED) is 0.549. The van der Waals surface area contributed by atoms with E-state index < -0.39 is 5.60 Å². The summed E-state index contributed by atoms with van der Waals surface area (Å²) in [5, 5.41) is 0.610. The Kier molecular flexibility index (Phi) is 5.94. The van der Waals surface area contributed by atoms with Gasteiger partial charge in [0.25, 0.3) is 0 Å². The van der Waals surface area contributed by atoms with E-state index in [4.69, 9.17) is 32.7 Å². The van der Waals surface area contributed by atoms with Gasteiger partial charge in [-0.05, 0) is 65.8 Å². The van der Waals surface area contributed by atoms with Gasteiger partial charge in [-0.3, -0.25) is 4.79 Å². The van der Waals surface area contributed by atoms with E-state index >= 15 is 0 Å². The summed E-state index contributed by atoms with van der Waals surface area (Å²) in [7, 11) is 0. The first kappa shape index (κ1) is 20.6. The van der Waals surface area contributed by atoms with Gasteiger partial charge >= 0.3 is 0 Å². The van der Waals surface area contributed by atoms with Crippen molar-refractivity contribution in [1.82, 2.24) is 0 Å². The van der Waals surface area contributed by atoms with E-state index in [1.54, 1.807) is 36.4 Å². The summed E-state index contributed by atoms with van der Waals surface area (Å²) < 4.78 is 11.9. The van der Waals surface area contributed by atoms with Crippen LogP contribution in [-0.2, 0) is 0 Å². The number of carbonyl (C=O) groups is 1. The molecule has 0 bridgehead atoms. The van der Waals surface area contributed by atoms with Gasteiger partial charge in [-0.15, -0.1) is 0 Å². The Bertz CT molecular complexity index is 795. The van der Waals surface area contributed by atoms with Gasteiger partial charge in [-0.1, -0.05) is 29.3 Å². The molecule has 0 atom stereocenters. The van der Waals surface area contributed by atoms with Crippen LogP contribution < -0.4 is 9.47 Å². The lowest BCUT2D eigenvalue weighted by Gasteiger charge is -2.25.